The summed E-state index contributed by atoms with van der Waals surface area (Å²) in [5.41, 5.74) is 0.150. The summed E-state index contributed by atoms with van der Waals surface area (Å²) in [5, 5.41) is 0. The maximum absolute atomic E-state index is 13.8. The zero-order valence-electron chi connectivity index (χ0n) is 13.2. The van der Waals surface area contributed by atoms with Gasteiger partial charge in [0.2, 0.25) is 0 Å². The fourth-order valence-corrected chi connectivity index (χ4v) is 5.30. The Morgan fingerprint density at radius 3 is 1.90 bits per heavy atom. The van der Waals surface area contributed by atoms with Crippen LogP contribution < -0.4 is 0 Å². The molecule has 2 unspecified atom stereocenters. The fourth-order valence-electron chi connectivity index (χ4n) is 5.30. The Bertz CT molecular complexity index is 349. The quantitative estimate of drug-likeness (QED) is 0.547. The molecule has 21 heavy (non-hydrogen) atoms. The molecule has 0 N–H and O–H groups in total. The van der Waals surface area contributed by atoms with E-state index >= 15 is 0 Å². The first kappa shape index (κ1) is 15.5. The average molecular weight is 296 g/mol. The van der Waals surface area contributed by atoms with E-state index in [1.54, 1.807) is 0 Å². The molecular formula is C19H30F2. The van der Waals surface area contributed by atoms with E-state index in [1.807, 2.05) is 0 Å². The molecule has 3 rings (SSSR count). The first-order valence-electron chi connectivity index (χ1n) is 9.02. The molecule has 2 atom stereocenters. The van der Waals surface area contributed by atoms with Gasteiger partial charge in [0.25, 0.3) is 0 Å². The predicted molar refractivity (Wildman–Crippen MR) is 83.7 cm³/mol. The standard InChI is InChI=1S/C19H30F2/c1-2-14-3-5-15(6-4-14)16-7-10-19(11-8-16)12-9-17(20)18(21)13-19/h2,14-18H,1,3-13H2. The second-order valence-corrected chi connectivity index (χ2v) is 8.02. The Hall–Kier alpha value is -0.400. The Labute approximate surface area is 128 Å². The largest absolute Gasteiger partial charge is 0.244 e. The van der Waals surface area contributed by atoms with Gasteiger partial charge in [0, 0.05) is 0 Å². The van der Waals surface area contributed by atoms with Gasteiger partial charge in [0.05, 0.1) is 0 Å². The topological polar surface area (TPSA) is 0 Å². The number of rotatable bonds is 2. The molecule has 3 aliphatic carbocycles. The van der Waals surface area contributed by atoms with Gasteiger partial charge in [-0.1, -0.05) is 6.08 Å². The van der Waals surface area contributed by atoms with Crippen LogP contribution in [0.25, 0.3) is 0 Å². The molecule has 0 radical (unpaired) electrons. The number of alkyl halides is 2. The molecule has 0 amide bonds. The summed E-state index contributed by atoms with van der Waals surface area (Å²) in [6.45, 7) is 3.93. The molecule has 3 saturated carbocycles. The third kappa shape index (κ3) is 3.35. The maximum Gasteiger partial charge on any atom is 0.132 e. The van der Waals surface area contributed by atoms with Gasteiger partial charge in [0.1, 0.15) is 12.3 Å². The molecule has 0 saturated heterocycles. The summed E-state index contributed by atoms with van der Waals surface area (Å²) >= 11 is 0. The highest BCUT2D eigenvalue weighted by Crippen LogP contribution is 2.52. The van der Waals surface area contributed by atoms with Crippen LogP contribution in [0.1, 0.15) is 70.6 Å². The molecule has 0 heterocycles. The van der Waals surface area contributed by atoms with Gasteiger partial charge < -0.3 is 0 Å². The molecule has 120 valence electrons. The molecule has 0 bridgehead atoms. The lowest BCUT2D eigenvalue weighted by Crippen LogP contribution is -2.39. The van der Waals surface area contributed by atoms with Crippen molar-refractivity contribution < 1.29 is 8.78 Å². The van der Waals surface area contributed by atoms with Crippen molar-refractivity contribution in [3.05, 3.63) is 12.7 Å². The van der Waals surface area contributed by atoms with E-state index < -0.39 is 12.3 Å². The second-order valence-electron chi connectivity index (χ2n) is 8.02. The van der Waals surface area contributed by atoms with E-state index in [-0.39, 0.29) is 5.41 Å². The molecule has 0 aromatic rings. The van der Waals surface area contributed by atoms with Crippen LogP contribution in [0.4, 0.5) is 8.78 Å². The average Bonchev–Trinajstić information content (AvgIpc) is 2.52. The van der Waals surface area contributed by atoms with Crippen molar-refractivity contribution in [3.8, 4) is 0 Å². The van der Waals surface area contributed by atoms with Gasteiger partial charge in [0.15, 0.2) is 0 Å². The molecule has 0 aromatic carbocycles. The highest BCUT2D eigenvalue weighted by atomic mass is 19.2. The predicted octanol–water partition coefficient (Wildman–Crippen LogP) is 6.02. The Morgan fingerprint density at radius 1 is 0.762 bits per heavy atom. The molecule has 0 aliphatic heterocycles. The Morgan fingerprint density at radius 2 is 1.33 bits per heavy atom. The first-order valence-corrected chi connectivity index (χ1v) is 9.02. The summed E-state index contributed by atoms with van der Waals surface area (Å²) < 4.78 is 27.1. The summed E-state index contributed by atoms with van der Waals surface area (Å²) in [4.78, 5) is 0. The summed E-state index contributed by atoms with van der Waals surface area (Å²) in [7, 11) is 0. The summed E-state index contributed by atoms with van der Waals surface area (Å²) in [5.74, 6) is 2.48. The van der Waals surface area contributed by atoms with Gasteiger partial charge in [-0.3, -0.25) is 0 Å². The van der Waals surface area contributed by atoms with Crippen molar-refractivity contribution in [2.45, 2.75) is 83.0 Å². The van der Waals surface area contributed by atoms with Crippen LogP contribution in [0.2, 0.25) is 0 Å². The summed E-state index contributed by atoms with van der Waals surface area (Å²) in [6, 6.07) is 0. The first-order chi connectivity index (χ1) is 10.1. The van der Waals surface area contributed by atoms with E-state index in [0.29, 0.717) is 12.8 Å². The molecule has 2 heteroatoms. The number of halogens is 2. The molecule has 3 fully saturated rings. The lowest BCUT2D eigenvalue weighted by molar-refractivity contribution is -0.00486. The third-order valence-corrected chi connectivity index (χ3v) is 6.88. The van der Waals surface area contributed by atoms with E-state index in [1.165, 1.54) is 38.5 Å². The lowest BCUT2D eigenvalue weighted by atomic mass is 9.59. The third-order valence-electron chi connectivity index (χ3n) is 6.88. The molecule has 0 nitrogen and oxygen atoms in total. The van der Waals surface area contributed by atoms with Gasteiger partial charge in [-0.05, 0) is 93.8 Å². The van der Waals surface area contributed by atoms with Crippen LogP contribution in [0, 0.1) is 23.2 Å². The zero-order valence-corrected chi connectivity index (χ0v) is 13.2. The SMILES string of the molecule is C=CC1CCC(C2CCC3(CCC(F)C(F)C3)CC2)CC1. The highest BCUT2D eigenvalue weighted by molar-refractivity contribution is 4.95. The van der Waals surface area contributed by atoms with Gasteiger partial charge >= 0.3 is 0 Å². The molecule has 1 spiro atoms. The molecular weight excluding hydrogens is 266 g/mol. The fraction of sp³-hybridized carbons (Fsp3) is 0.895. The van der Waals surface area contributed by atoms with Crippen molar-refractivity contribution in [2.75, 3.05) is 0 Å². The minimum atomic E-state index is -1.20. The normalized spacial score (nSPS) is 48.2. The van der Waals surface area contributed by atoms with Crippen LogP contribution in [0.15, 0.2) is 12.7 Å². The second kappa shape index (κ2) is 6.38. The van der Waals surface area contributed by atoms with Crippen molar-refractivity contribution in [3.63, 3.8) is 0 Å². The smallest absolute Gasteiger partial charge is 0.132 e. The van der Waals surface area contributed by atoms with Gasteiger partial charge in [-0.25, -0.2) is 8.78 Å². The monoisotopic (exact) mass is 296 g/mol. The van der Waals surface area contributed by atoms with Crippen LogP contribution >= 0.6 is 0 Å². The van der Waals surface area contributed by atoms with Crippen LogP contribution in [0.3, 0.4) is 0 Å². The minimum Gasteiger partial charge on any atom is -0.244 e. The molecule has 0 aromatic heterocycles. The van der Waals surface area contributed by atoms with E-state index in [4.69, 9.17) is 0 Å². The number of hydrogen-bond donors (Lipinski definition) is 0. The highest BCUT2D eigenvalue weighted by Gasteiger charge is 2.44. The van der Waals surface area contributed by atoms with Crippen LogP contribution in [-0.4, -0.2) is 12.3 Å². The van der Waals surface area contributed by atoms with Crippen LogP contribution in [-0.2, 0) is 0 Å². The van der Waals surface area contributed by atoms with Crippen molar-refractivity contribution >= 4 is 0 Å². The minimum absolute atomic E-state index is 0.150. The number of allylic oxidation sites excluding steroid dienone is 1. The van der Waals surface area contributed by atoms with Gasteiger partial charge in [-0.2, -0.15) is 0 Å². The Balaban J connectivity index is 1.50. The van der Waals surface area contributed by atoms with Crippen molar-refractivity contribution in [1.29, 1.82) is 0 Å². The van der Waals surface area contributed by atoms with Crippen molar-refractivity contribution in [2.24, 2.45) is 23.2 Å². The Kier molecular flexibility index (Phi) is 4.71. The van der Waals surface area contributed by atoms with Gasteiger partial charge in [-0.15, -0.1) is 6.58 Å². The van der Waals surface area contributed by atoms with E-state index in [9.17, 15) is 8.78 Å². The molecule has 3 aliphatic rings. The van der Waals surface area contributed by atoms with E-state index in [0.717, 1.165) is 37.0 Å². The van der Waals surface area contributed by atoms with Crippen LogP contribution in [0.5, 0.6) is 0 Å². The van der Waals surface area contributed by atoms with Crippen molar-refractivity contribution in [1.82, 2.24) is 0 Å². The number of hydrogen-bond acceptors (Lipinski definition) is 0. The van der Waals surface area contributed by atoms with E-state index in [2.05, 4.69) is 12.7 Å². The maximum atomic E-state index is 13.8. The zero-order chi connectivity index (χ0) is 14.9. The summed E-state index contributed by atoms with van der Waals surface area (Å²) in [6.07, 6.45) is 11.7. The lowest BCUT2D eigenvalue weighted by Gasteiger charge is -2.47.